The molecule has 2 aromatic rings. The lowest BCUT2D eigenvalue weighted by Crippen LogP contribution is -2.19. The van der Waals surface area contributed by atoms with Crippen molar-refractivity contribution in [3.05, 3.63) is 53.6 Å². The average molecular weight is 279 g/mol. The molecule has 2 rings (SSSR count). The molecule has 18 heavy (non-hydrogen) atoms. The van der Waals surface area contributed by atoms with Gasteiger partial charge >= 0.3 is 0 Å². The summed E-state index contributed by atoms with van der Waals surface area (Å²) in [7, 11) is 0. The van der Waals surface area contributed by atoms with Crippen molar-refractivity contribution in [1.82, 2.24) is 0 Å². The largest absolute Gasteiger partial charge is 0.455 e. The lowest BCUT2D eigenvalue weighted by atomic mass is 10.3. The van der Waals surface area contributed by atoms with Gasteiger partial charge in [0.1, 0.15) is 11.4 Å². The van der Waals surface area contributed by atoms with Gasteiger partial charge in [-0.05, 0) is 36.5 Å². The maximum absolute atomic E-state index is 6.08. The first-order chi connectivity index (χ1) is 8.66. The second kappa shape index (κ2) is 5.71. The van der Waals surface area contributed by atoms with Gasteiger partial charge in [-0.2, -0.15) is 0 Å². The Morgan fingerprint density at radius 2 is 1.83 bits per heavy atom. The fraction of sp³-hybridized carbons (Fsp3) is 0. The van der Waals surface area contributed by atoms with E-state index in [0.29, 0.717) is 22.2 Å². The highest BCUT2D eigenvalue weighted by molar-refractivity contribution is 7.80. The maximum atomic E-state index is 6.08. The fourth-order valence-electron chi connectivity index (χ4n) is 1.45. The molecule has 2 aromatic carbocycles. The number of ether oxygens (including phenoxy) is 1. The molecule has 3 N–H and O–H groups in total. The third kappa shape index (κ3) is 3.12. The van der Waals surface area contributed by atoms with Crippen molar-refractivity contribution in [1.29, 1.82) is 0 Å². The van der Waals surface area contributed by atoms with Gasteiger partial charge in [0, 0.05) is 0 Å². The predicted octanol–water partition coefficient (Wildman–Crippen LogP) is 3.79. The lowest BCUT2D eigenvalue weighted by molar-refractivity contribution is 0.485. The first-order valence-electron chi connectivity index (χ1n) is 5.24. The molecule has 0 fully saturated rings. The van der Waals surface area contributed by atoms with Crippen molar-refractivity contribution in [2.45, 2.75) is 0 Å². The minimum absolute atomic E-state index is 0.140. The molecule has 0 radical (unpaired) electrons. The standard InChI is InChI=1S/C13H11ClN2OS/c14-10-7-4-8-11(12(10)16-13(15)18)17-9-5-2-1-3-6-9/h1-8H,(H3,15,16,18). The summed E-state index contributed by atoms with van der Waals surface area (Å²) >= 11 is 10.9. The van der Waals surface area contributed by atoms with E-state index in [1.54, 1.807) is 18.2 Å². The van der Waals surface area contributed by atoms with E-state index in [1.165, 1.54) is 0 Å². The Balaban J connectivity index is 2.32. The first-order valence-corrected chi connectivity index (χ1v) is 6.03. The molecule has 0 bridgehead atoms. The van der Waals surface area contributed by atoms with E-state index in [0.717, 1.165) is 0 Å². The molecule has 0 saturated carbocycles. The van der Waals surface area contributed by atoms with Crippen LogP contribution in [0.4, 0.5) is 5.69 Å². The second-order valence-electron chi connectivity index (χ2n) is 3.52. The van der Waals surface area contributed by atoms with Crippen molar-refractivity contribution in [3.8, 4) is 11.5 Å². The normalized spacial score (nSPS) is 9.83. The van der Waals surface area contributed by atoms with Gasteiger partial charge in [0.2, 0.25) is 0 Å². The molecule has 0 amide bonds. The van der Waals surface area contributed by atoms with Crippen LogP contribution in [0.15, 0.2) is 48.5 Å². The number of para-hydroxylation sites is 2. The van der Waals surface area contributed by atoms with E-state index in [9.17, 15) is 0 Å². The number of nitrogens with one attached hydrogen (secondary N) is 1. The van der Waals surface area contributed by atoms with Crippen LogP contribution in [0.2, 0.25) is 5.02 Å². The summed E-state index contributed by atoms with van der Waals surface area (Å²) in [4.78, 5) is 0. The van der Waals surface area contributed by atoms with Crippen LogP contribution in [-0.4, -0.2) is 5.11 Å². The van der Waals surface area contributed by atoms with Gasteiger partial charge in [-0.3, -0.25) is 0 Å². The Bertz CT molecular complexity index is 560. The van der Waals surface area contributed by atoms with Crippen molar-refractivity contribution in [3.63, 3.8) is 0 Å². The van der Waals surface area contributed by atoms with Crippen LogP contribution in [-0.2, 0) is 0 Å². The molecule has 0 aromatic heterocycles. The summed E-state index contributed by atoms with van der Waals surface area (Å²) in [5.41, 5.74) is 6.03. The Morgan fingerprint density at radius 3 is 2.50 bits per heavy atom. The van der Waals surface area contributed by atoms with Crippen molar-refractivity contribution < 1.29 is 4.74 Å². The Kier molecular flexibility index (Phi) is 4.02. The molecule has 5 heteroatoms. The fourth-order valence-corrected chi connectivity index (χ4v) is 1.76. The highest BCUT2D eigenvalue weighted by Gasteiger charge is 2.09. The van der Waals surface area contributed by atoms with Crippen molar-refractivity contribution in [2.75, 3.05) is 5.32 Å². The summed E-state index contributed by atoms with van der Waals surface area (Å²) in [6, 6.07) is 14.7. The number of nitrogens with two attached hydrogens (primary N) is 1. The van der Waals surface area contributed by atoms with Gasteiger partial charge in [-0.15, -0.1) is 0 Å². The van der Waals surface area contributed by atoms with Crippen molar-refractivity contribution >= 4 is 34.6 Å². The number of rotatable bonds is 3. The topological polar surface area (TPSA) is 47.3 Å². The molecule has 0 heterocycles. The summed E-state index contributed by atoms with van der Waals surface area (Å²) in [6.45, 7) is 0. The van der Waals surface area contributed by atoms with Crippen LogP contribution in [0, 0.1) is 0 Å². The molecule has 92 valence electrons. The molecular weight excluding hydrogens is 268 g/mol. The quantitative estimate of drug-likeness (QED) is 0.839. The monoisotopic (exact) mass is 278 g/mol. The molecule has 0 unspecified atom stereocenters. The zero-order valence-electron chi connectivity index (χ0n) is 9.39. The van der Waals surface area contributed by atoms with Gasteiger partial charge in [0.25, 0.3) is 0 Å². The van der Waals surface area contributed by atoms with Crippen LogP contribution in [0.3, 0.4) is 0 Å². The van der Waals surface area contributed by atoms with Crippen LogP contribution in [0.1, 0.15) is 0 Å². The number of thiocarbonyl (C=S) groups is 1. The SMILES string of the molecule is NC(=S)Nc1c(Cl)cccc1Oc1ccccc1. The second-order valence-corrected chi connectivity index (χ2v) is 4.36. The summed E-state index contributed by atoms with van der Waals surface area (Å²) in [6.07, 6.45) is 0. The van der Waals surface area contributed by atoms with Crippen LogP contribution >= 0.6 is 23.8 Å². The molecule has 0 aliphatic carbocycles. The average Bonchev–Trinajstić information content (AvgIpc) is 2.34. The number of benzene rings is 2. The third-order valence-corrected chi connectivity index (χ3v) is 2.61. The highest BCUT2D eigenvalue weighted by Crippen LogP contribution is 2.35. The van der Waals surface area contributed by atoms with E-state index in [1.807, 2.05) is 30.3 Å². The summed E-state index contributed by atoms with van der Waals surface area (Å²) < 4.78 is 5.73. The summed E-state index contributed by atoms with van der Waals surface area (Å²) in [5.74, 6) is 1.28. The zero-order valence-corrected chi connectivity index (χ0v) is 11.0. The van der Waals surface area contributed by atoms with E-state index >= 15 is 0 Å². The first kappa shape index (κ1) is 12.7. The highest BCUT2D eigenvalue weighted by atomic mass is 35.5. The van der Waals surface area contributed by atoms with Gasteiger partial charge in [0.05, 0.1) is 5.02 Å². The Morgan fingerprint density at radius 1 is 1.11 bits per heavy atom. The number of hydrogen-bond donors (Lipinski definition) is 2. The third-order valence-electron chi connectivity index (χ3n) is 2.19. The Labute approximate surface area is 116 Å². The minimum Gasteiger partial charge on any atom is -0.455 e. The Hall–Kier alpha value is -1.78. The van der Waals surface area contributed by atoms with Gasteiger partial charge in [-0.25, -0.2) is 0 Å². The van der Waals surface area contributed by atoms with E-state index < -0.39 is 0 Å². The smallest absolute Gasteiger partial charge is 0.168 e. The number of anilines is 1. The van der Waals surface area contributed by atoms with Gasteiger partial charge in [-0.1, -0.05) is 35.9 Å². The van der Waals surface area contributed by atoms with E-state index in [2.05, 4.69) is 5.32 Å². The molecule has 0 spiro atoms. The molecule has 3 nitrogen and oxygen atoms in total. The number of hydrogen-bond acceptors (Lipinski definition) is 2. The zero-order chi connectivity index (χ0) is 13.0. The van der Waals surface area contributed by atoms with E-state index in [4.69, 9.17) is 34.3 Å². The lowest BCUT2D eigenvalue weighted by Gasteiger charge is -2.13. The van der Waals surface area contributed by atoms with Gasteiger partial charge < -0.3 is 15.8 Å². The van der Waals surface area contributed by atoms with Gasteiger partial charge in [0.15, 0.2) is 10.9 Å². The van der Waals surface area contributed by atoms with E-state index in [-0.39, 0.29) is 5.11 Å². The predicted molar refractivity (Wildman–Crippen MR) is 78.4 cm³/mol. The molecule has 0 atom stereocenters. The maximum Gasteiger partial charge on any atom is 0.168 e. The van der Waals surface area contributed by atoms with Crippen LogP contribution in [0.5, 0.6) is 11.5 Å². The number of halogens is 1. The molecule has 0 saturated heterocycles. The molecule has 0 aliphatic heterocycles. The molecule has 0 aliphatic rings. The van der Waals surface area contributed by atoms with Crippen LogP contribution in [0.25, 0.3) is 0 Å². The molecular formula is C13H11ClN2OS. The van der Waals surface area contributed by atoms with Crippen LogP contribution < -0.4 is 15.8 Å². The van der Waals surface area contributed by atoms with Crippen molar-refractivity contribution in [2.24, 2.45) is 5.73 Å². The summed E-state index contributed by atoms with van der Waals surface area (Å²) in [5, 5.41) is 3.45. The minimum atomic E-state index is 0.140.